The second-order valence-electron chi connectivity index (χ2n) is 8.09. The summed E-state index contributed by atoms with van der Waals surface area (Å²) in [6.45, 7) is 2.19. The Bertz CT molecular complexity index is 1160. The van der Waals surface area contributed by atoms with E-state index in [1.54, 1.807) is 21.1 Å². The Morgan fingerprint density at radius 3 is 2.14 bits per heavy atom. The average molecular weight is 474 g/mol. The first-order valence-electron chi connectivity index (χ1n) is 11.4. The molecule has 7 nitrogen and oxygen atoms in total. The molecule has 35 heavy (non-hydrogen) atoms. The van der Waals surface area contributed by atoms with Gasteiger partial charge in [-0.3, -0.25) is 9.59 Å². The normalized spacial score (nSPS) is 11.0. The second kappa shape index (κ2) is 12.9. The van der Waals surface area contributed by atoms with Gasteiger partial charge in [-0.05, 0) is 47.7 Å². The number of ether oxygens (including phenoxy) is 2. The minimum absolute atomic E-state index is 0.109. The first-order chi connectivity index (χ1) is 17.0. The third kappa shape index (κ3) is 7.99. The van der Waals surface area contributed by atoms with Crippen LogP contribution >= 0.6 is 0 Å². The topological polar surface area (TPSA) is 89.0 Å². The van der Waals surface area contributed by atoms with Gasteiger partial charge in [-0.15, -0.1) is 0 Å². The lowest BCUT2D eigenvalue weighted by molar-refractivity contribution is -0.121. The Kier molecular flexibility index (Phi) is 9.42. The highest BCUT2D eigenvalue weighted by Gasteiger charge is 2.08. The molecule has 0 saturated heterocycles. The number of hydrogen-bond donors (Lipinski definition) is 2. The predicted octanol–water partition coefficient (Wildman–Crippen LogP) is 4.15. The summed E-state index contributed by atoms with van der Waals surface area (Å²) in [6.07, 6.45) is 0.976. The highest BCUT2D eigenvalue weighted by molar-refractivity contribution is 6.00. The van der Waals surface area contributed by atoms with E-state index in [0.717, 1.165) is 22.3 Å². The summed E-state index contributed by atoms with van der Waals surface area (Å²) in [5.41, 5.74) is 7.21. The van der Waals surface area contributed by atoms with E-state index in [9.17, 15) is 9.59 Å². The largest absolute Gasteiger partial charge is 0.493 e. The molecular formula is C28H31N3O4. The molecule has 3 aromatic carbocycles. The van der Waals surface area contributed by atoms with Gasteiger partial charge in [0.1, 0.15) is 0 Å². The van der Waals surface area contributed by atoms with Gasteiger partial charge in [-0.1, -0.05) is 60.7 Å². The standard InChI is InChI=1S/C28H31N3O4/c1-20(17-27(32)29-16-15-22-11-14-25(34-2)26(18-22)35-3)30-31-28(33)19-21-9-12-24(13-10-21)23-7-5-4-6-8-23/h4-14,18H,15-17,19H2,1-3H3,(H,29,32)(H,31,33)/b30-20-. The first-order valence-corrected chi connectivity index (χ1v) is 11.4. The molecule has 0 spiro atoms. The van der Waals surface area contributed by atoms with Gasteiger partial charge in [-0.25, -0.2) is 5.43 Å². The molecule has 0 bridgehead atoms. The highest BCUT2D eigenvalue weighted by atomic mass is 16.5. The molecular weight excluding hydrogens is 442 g/mol. The van der Waals surface area contributed by atoms with Crippen molar-refractivity contribution in [2.24, 2.45) is 5.10 Å². The lowest BCUT2D eigenvalue weighted by Crippen LogP contribution is -2.28. The summed E-state index contributed by atoms with van der Waals surface area (Å²) in [7, 11) is 3.18. The zero-order chi connectivity index (χ0) is 25.0. The minimum atomic E-state index is -0.231. The van der Waals surface area contributed by atoms with Gasteiger partial charge in [0.15, 0.2) is 11.5 Å². The fraction of sp³-hybridized carbons (Fsp3) is 0.250. The second-order valence-corrected chi connectivity index (χ2v) is 8.09. The van der Waals surface area contributed by atoms with Crippen LogP contribution in [0.3, 0.4) is 0 Å². The molecule has 2 N–H and O–H groups in total. The van der Waals surface area contributed by atoms with Crippen molar-refractivity contribution >= 4 is 17.5 Å². The van der Waals surface area contributed by atoms with Crippen LogP contribution in [0.25, 0.3) is 11.1 Å². The molecule has 0 radical (unpaired) electrons. The van der Waals surface area contributed by atoms with Crippen molar-refractivity contribution in [2.75, 3.05) is 20.8 Å². The van der Waals surface area contributed by atoms with Crippen molar-refractivity contribution in [3.8, 4) is 22.6 Å². The maximum absolute atomic E-state index is 12.2. The predicted molar refractivity (Wildman–Crippen MR) is 138 cm³/mol. The van der Waals surface area contributed by atoms with Crippen LogP contribution in [0.5, 0.6) is 11.5 Å². The Labute approximate surface area is 206 Å². The molecule has 0 fully saturated rings. The number of hydrazone groups is 1. The molecule has 0 atom stereocenters. The van der Waals surface area contributed by atoms with E-state index >= 15 is 0 Å². The molecule has 0 unspecified atom stereocenters. The Morgan fingerprint density at radius 1 is 0.800 bits per heavy atom. The lowest BCUT2D eigenvalue weighted by Gasteiger charge is -2.10. The number of carbonyl (C=O) groups excluding carboxylic acids is 2. The summed E-state index contributed by atoms with van der Waals surface area (Å²) >= 11 is 0. The number of amides is 2. The highest BCUT2D eigenvalue weighted by Crippen LogP contribution is 2.27. The van der Waals surface area contributed by atoms with E-state index in [1.165, 1.54) is 0 Å². The van der Waals surface area contributed by atoms with Crippen LogP contribution in [0, 0.1) is 0 Å². The molecule has 2 amide bonds. The number of nitrogens with zero attached hydrogens (tertiary/aromatic N) is 1. The van der Waals surface area contributed by atoms with Crippen LogP contribution in [0.4, 0.5) is 0 Å². The zero-order valence-corrected chi connectivity index (χ0v) is 20.3. The van der Waals surface area contributed by atoms with E-state index in [4.69, 9.17) is 9.47 Å². The fourth-order valence-corrected chi connectivity index (χ4v) is 3.55. The van der Waals surface area contributed by atoms with E-state index in [1.807, 2.05) is 72.8 Å². The zero-order valence-electron chi connectivity index (χ0n) is 20.3. The van der Waals surface area contributed by atoms with E-state index in [0.29, 0.717) is 30.2 Å². The van der Waals surface area contributed by atoms with Crippen molar-refractivity contribution in [2.45, 2.75) is 26.2 Å². The van der Waals surface area contributed by atoms with Gasteiger partial charge >= 0.3 is 0 Å². The third-order valence-corrected chi connectivity index (χ3v) is 5.40. The number of carbonyl (C=O) groups is 2. The van der Waals surface area contributed by atoms with Gasteiger partial charge in [0.25, 0.3) is 0 Å². The number of methoxy groups -OCH3 is 2. The molecule has 0 aliphatic heterocycles. The van der Waals surface area contributed by atoms with Crippen LogP contribution in [0.2, 0.25) is 0 Å². The van der Waals surface area contributed by atoms with Crippen molar-refractivity contribution in [3.63, 3.8) is 0 Å². The molecule has 0 aliphatic carbocycles. The van der Waals surface area contributed by atoms with Gasteiger partial charge < -0.3 is 14.8 Å². The molecule has 182 valence electrons. The van der Waals surface area contributed by atoms with Crippen LogP contribution < -0.4 is 20.2 Å². The summed E-state index contributed by atoms with van der Waals surface area (Å²) in [5, 5.41) is 6.93. The quantitative estimate of drug-likeness (QED) is 0.323. The van der Waals surface area contributed by atoms with Crippen molar-refractivity contribution < 1.29 is 19.1 Å². The van der Waals surface area contributed by atoms with Crippen LogP contribution in [-0.2, 0) is 22.4 Å². The molecule has 3 rings (SSSR count). The number of nitrogens with one attached hydrogen (secondary N) is 2. The molecule has 0 saturated carbocycles. The fourth-order valence-electron chi connectivity index (χ4n) is 3.55. The van der Waals surface area contributed by atoms with Gasteiger partial charge in [0.05, 0.1) is 27.1 Å². The average Bonchev–Trinajstić information content (AvgIpc) is 2.88. The van der Waals surface area contributed by atoms with E-state index < -0.39 is 0 Å². The van der Waals surface area contributed by atoms with Crippen molar-refractivity contribution in [1.29, 1.82) is 0 Å². The van der Waals surface area contributed by atoms with Crippen LogP contribution in [-0.4, -0.2) is 38.3 Å². The molecule has 7 heteroatoms. The first kappa shape index (κ1) is 25.5. The van der Waals surface area contributed by atoms with Crippen molar-refractivity contribution in [1.82, 2.24) is 10.7 Å². The maximum Gasteiger partial charge on any atom is 0.244 e. The molecule has 0 aromatic heterocycles. The summed E-state index contributed by atoms with van der Waals surface area (Å²) in [6, 6.07) is 23.6. The van der Waals surface area contributed by atoms with Gasteiger partial charge in [0, 0.05) is 12.3 Å². The lowest BCUT2D eigenvalue weighted by atomic mass is 10.0. The Balaban J connectivity index is 1.40. The Morgan fingerprint density at radius 2 is 1.46 bits per heavy atom. The Hall–Kier alpha value is -4.13. The molecule has 0 aliphatic rings. The molecule has 0 heterocycles. The van der Waals surface area contributed by atoms with E-state index in [-0.39, 0.29) is 24.7 Å². The number of rotatable bonds is 11. The third-order valence-electron chi connectivity index (χ3n) is 5.40. The van der Waals surface area contributed by atoms with Crippen LogP contribution in [0.15, 0.2) is 77.9 Å². The smallest absolute Gasteiger partial charge is 0.244 e. The van der Waals surface area contributed by atoms with Crippen molar-refractivity contribution in [3.05, 3.63) is 83.9 Å². The van der Waals surface area contributed by atoms with E-state index in [2.05, 4.69) is 15.8 Å². The monoisotopic (exact) mass is 473 g/mol. The number of benzene rings is 3. The summed E-state index contributed by atoms with van der Waals surface area (Å²) in [5.74, 6) is 0.934. The minimum Gasteiger partial charge on any atom is -0.493 e. The SMILES string of the molecule is COc1ccc(CCNC(=O)C/C(C)=N\NC(=O)Cc2ccc(-c3ccccc3)cc2)cc1OC. The number of hydrogen-bond acceptors (Lipinski definition) is 5. The van der Waals surface area contributed by atoms with Gasteiger partial charge in [-0.2, -0.15) is 5.10 Å². The maximum atomic E-state index is 12.2. The van der Waals surface area contributed by atoms with Crippen LogP contribution in [0.1, 0.15) is 24.5 Å². The molecule has 3 aromatic rings. The summed E-state index contributed by atoms with van der Waals surface area (Å²) in [4.78, 5) is 24.4. The van der Waals surface area contributed by atoms with Gasteiger partial charge in [0.2, 0.25) is 11.8 Å². The summed E-state index contributed by atoms with van der Waals surface area (Å²) < 4.78 is 10.5.